The summed E-state index contributed by atoms with van der Waals surface area (Å²) >= 11 is 0. The van der Waals surface area contributed by atoms with Crippen LogP contribution >= 0.6 is 0 Å². The summed E-state index contributed by atoms with van der Waals surface area (Å²) in [4.78, 5) is 22.6. The van der Waals surface area contributed by atoms with Gasteiger partial charge in [-0.25, -0.2) is 0 Å². The number of amides is 1. The molecule has 1 aliphatic carbocycles. The maximum absolute atomic E-state index is 11.5. The van der Waals surface area contributed by atoms with Crippen LogP contribution in [0.1, 0.15) is 26.2 Å². The standard InChI is InChI=1S/C9H13NO2/c1-9(6-2-3-6)4-7(11)5-10-8(9)12/h6H,2-5H2,1H3,(H,10,12). The second-order valence-electron chi connectivity index (χ2n) is 4.09. The van der Waals surface area contributed by atoms with Crippen molar-refractivity contribution in [2.75, 3.05) is 6.54 Å². The van der Waals surface area contributed by atoms with E-state index < -0.39 is 0 Å². The zero-order valence-electron chi connectivity index (χ0n) is 7.22. The van der Waals surface area contributed by atoms with Gasteiger partial charge in [0.15, 0.2) is 5.78 Å². The van der Waals surface area contributed by atoms with Crippen LogP contribution in [0.25, 0.3) is 0 Å². The Kier molecular flexibility index (Phi) is 1.50. The van der Waals surface area contributed by atoms with Crippen LogP contribution < -0.4 is 5.32 Å². The van der Waals surface area contributed by atoms with Crippen molar-refractivity contribution in [3.05, 3.63) is 0 Å². The first-order valence-electron chi connectivity index (χ1n) is 4.43. The molecule has 0 spiro atoms. The lowest BCUT2D eigenvalue weighted by Gasteiger charge is -2.31. The molecule has 1 aliphatic heterocycles. The summed E-state index contributed by atoms with van der Waals surface area (Å²) in [6, 6.07) is 0. The number of nitrogens with one attached hydrogen (secondary N) is 1. The van der Waals surface area contributed by atoms with Crippen LogP contribution in [0.4, 0.5) is 0 Å². The third-order valence-corrected chi connectivity index (χ3v) is 3.01. The van der Waals surface area contributed by atoms with Crippen molar-refractivity contribution in [3.8, 4) is 0 Å². The quantitative estimate of drug-likeness (QED) is 0.618. The second kappa shape index (κ2) is 2.31. The van der Waals surface area contributed by atoms with Gasteiger partial charge in [-0.2, -0.15) is 0 Å². The minimum Gasteiger partial charge on any atom is -0.349 e. The van der Waals surface area contributed by atoms with E-state index in [0.717, 1.165) is 12.8 Å². The third-order valence-electron chi connectivity index (χ3n) is 3.01. The topological polar surface area (TPSA) is 46.2 Å². The lowest BCUT2D eigenvalue weighted by atomic mass is 9.77. The number of Topliss-reactive ketones (excluding diaryl/α,β-unsaturated/α-hetero) is 1. The molecule has 1 amide bonds. The molecule has 1 atom stereocenters. The van der Waals surface area contributed by atoms with Crippen molar-refractivity contribution in [2.45, 2.75) is 26.2 Å². The van der Waals surface area contributed by atoms with E-state index in [1.165, 1.54) is 0 Å². The van der Waals surface area contributed by atoms with Crippen molar-refractivity contribution in [1.29, 1.82) is 0 Å². The van der Waals surface area contributed by atoms with Crippen LogP contribution in [0.15, 0.2) is 0 Å². The molecule has 1 saturated carbocycles. The predicted octanol–water partition coefficient (Wildman–Crippen LogP) is 0.492. The van der Waals surface area contributed by atoms with Gasteiger partial charge >= 0.3 is 0 Å². The van der Waals surface area contributed by atoms with Crippen molar-refractivity contribution in [2.24, 2.45) is 11.3 Å². The molecular weight excluding hydrogens is 154 g/mol. The molecule has 1 N–H and O–H groups in total. The molecule has 66 valence electrons. The number of carbonyl (C=O) groups excluding carboxylic acids is 2. The molecule has 2 aliphatic rings. The van der Waals surface area contributed by atoms with Crippen molar-refractivity contribution < 1.29 is 9.59 Å². The SMILES string of the molecule is CC1(C2CC2)CC(=O)CNC1=O. The van der Waals surface area contributed by atoms with E-state index in [1.54, 1.807) is 0 Å². The van der Waals surface area contributed by atoms with Gasteiger partial charge in [-0.3, -0.25) is 9.59 Å². The molecular formula is C9H13NO2. The Labute approximate surface area is 71.5 Å². The number of piperidine rings is 1. The monoisotopic (exact) mass is 167 g/mol. The molecule has 1 heterocycles. The highest BCUT2D eigenvalue weighted by Crippen LogP contribution is 2.48. The Morgan fingerprint density at radius 3 is 2.67 bits per heavy atom. The molecule has 3 nitrogen and oxygen atoms in total. The Hall–Kier alpha value is -0.860. The van der Waals surface area contributed by atoms with Gasteiger partial charge in [0.25, 0.3) is 0 Å². The zero-order chi connectivity index (χ0) is 8.77. The van der Waals surface area contributed by atoms with Gasteiger partial charge in [0.2, 0.25) is 5.91 Å². The van der Waals surface area contributed by atoms with Gasteiger partial charge in [-0.15, -0.1) is 0 Å². The maximum Gasteiger partial charge on any atom is 0.227 e. The van der Waals surface area contributed by atoms with E-state index in [1.807, 2.05) is 6.92 Å². The van der Waals surface area contributed by atoms with Crippen molar-refractivity contribution in [1.82, 2.24) is 5.32 Å². The normalized spacial score (nSPS) is 36.4. The van der Waals surface area contributed by atoms with Gasteiger partial charge in [0.05, 0.1) is 12.0 Å². The second-order valence-corrected chi connectivity index (χ2v) is 4.09. The van der Waals surface area contributed by atoms with Crippen LogP contribution in [-0.2, 0) is 9.59 Å². The number of carbonyl (C=O) groups is 2. The largest absolute Gasteiger partial charge is 0.349 e. The summed E-state index contributed by atoms with van der Waals surface area (Å²) in [5.74, 6) is 0.704. The fraction of sp³-hybridized carbons (Fsp3) is 0.778. The van der Waals surface area contributed by atoms with Crippen LogP contribution in [0.5, 0.6) is 0 Å². The summed E-state index contributed by atoms with van der Waals surface area (Å²) in [5.41, 5.74) is -0.380. The lowest BCUT2D eigenvalue weighted by molar-refractivity contribution is -0.140. The van der Waals surface area contributed by atoms with E-state index in [0.29, 0.717) is 12.3 Å². The van der Waals surface area contributed by atoms with E-state index >= 15 is 0 Å². The van der Waals surface area contributed by atoms with Gasteiger partial charge in [-0.1, -0.05) is 6.92 Å². The van der Waals surface area contributed by atoms with E-state index in [4.69, 9.17) is 0 Å². The average molecular weight is 167 g/mol. The molecule has 0 aromatic carbocycles. The van der Waals surface area contributed by atoms with Crippen LogP contribution in [0, 0.1) is 11.3 Å². The fourth-order valence-corrected chi connectivity index (χ4v) is 1.98. The van der Waals surface area contributed by atoms with Crippen LogP contribution in [0.2, 0.25) is 0 Å². The average Bonchev–Trinajstić information content (AvgIpc) is 2.79. The molecule has 12 heavy (non-hydrogen) atoms. The highest BCUT2D eigenvalue weighted by atomic mass is 16.2. The predicted molar refractivity (Wildman–Crippen MR) is 43.5 cm³/mol. The minimum absolute atomic E-state index is 0.0737. The van der Waals surface area contributed by atoms with Crippen molar-refractivity contribution >= 4 is 11.7 Å². The lowest BCUT2D eigenvalue weighted by Crippen LogP contribution is -2.49. The zero-order valence-corrected chi connectivity index (χ0v) is 7.22. The first-order valence-corrected chi connectivity index (χ1v) is 4.43. The van der Waals surface area contributed by atoms with Crippen LogP contribution in [0.3, 0.4) is 0 Å². The molecule has 0 aromatic heterocycles. The maximum atomic E-state index is 11.5. The summed E-state index contributed by atoms with van der Waals surface area (Å²) < 4.78 is 0. The van der Waals surface area contributed by atoms with Gasteiger partial charge < -0.3 is 5.32 Å². The first kappa shape index (κ1) is 7.77. The van der Waals surface area contributed by atoms with Gasteiger partial charge in [-0.05, 0) is 18.8 Å². The molecule has 1 saturated heterocycles. The summed E-state index contributed by atoms with van der Waals surface area (Å²) in [7, 11) is 0. The minimum atomic E-state index is -0.380. The summed E-state index contributed by atoms with van der Waals surface area (Å²) in [6.45, 7) is 2.15. The van der Waals surface area contributed by atoms with Gasteiger partial charge in [0.1, 0.15) is 0 Å². The Morgan fingerprint density at radius 2 is 2.08 bits per heavy atom. The van der Waals surface area contributed by atoms with E-state index in [2.05, 4.69) is 5.32 Å². The number of hydrogen-bond acceptors (Lipinski definition) is 2. The molecule has 2 rings (SSSR count). The van der Waals surface area contributed by atoms with Gasteiger partial charge in [0, 0.05) is 6.42 Å². The van der Waals surface area contributed by atoms with Crippen LogP contribution in [-0.4, -0.2) is 18.2 Å². The Morgan fingerprint density at radius 1 is 1.42 bits per heavy atom. The highest BCUT2D eigenvalue weighted by molar-refractivity contribution is 5.97. The molecule has 1 unspecified atom stereocenters. The molecule has 3 heteroatoms. The third kappa shape index (κ3) is 1.04. The molecule has 0 aromatic rings. The number of hydrogen-bond donors (Lipinski definition) is 1. The number of rotatable bonds is 1. The number of ketones is 1. The first-order chi connectivity index (χ1) is 5.63. The fourth-order valence-electron chi connectivity index (χ4n) is 1.98. The van der Waals surface area contributed by atoms with E-state index in [-0.39, 0.29) is 23.7 Å². The molecule has 2 fully saturated rings. The Balaban J connectivity index is 2.19. The molecule has 0 bridgehead atoms. The van der Waals surface area contributed by atoms with Crippen molar-refractivity contribution in [3.63, 3.8) is 0 Å². The molecule has 0 radical (unpaired) electrons. The highest BCUT2D eigenvalue weighted by Gasteiger charge is 2.49. The Bertz CT molecular complexity index is 245. The summed E-state index contributed by atoms with van der Waals surface area (Å²) in [5, 5.41) is 2.66. The smallest absolute Gasteiger partial charge is 0.227 e. The van der Waals surface area contributed by atoms with E-state index in [9.17, 15) is 9.59 Å². The summed E-state index contributed by atoms with van der Waals surface area (Å²) in [6.07, 6.45) is 2.66.